The third-order valence-corrected chi connectivity index (χ3v) is 2.85. The van der Waals surface area contributed by atoms with Crippen LogP contribution in [0.5, 0.6) is 0 Å². The van der Waals surface area contributed by atoms with Crippen molar-refractivity contribution in [2.75, 3.05) is 7.05 Å². The number of rotatable bonds is 2. The van der Waals surface area contributed by atoms with Crippen molar-refractivity contribution < 1.29 is 9.90 Å². The molecule has 0 unspecified atom stereocenters. The van der Waals surface area contributed by atoms with E-state index in [1.54, 1.807) is 19.4 Å². The van der Waals surface area contributed by atoms with E-state index < -0.39 is 6.09 Å². The Morgan fingerprint density at radius 2 is 2.36 bits per heavy atom. The lowest BCUT2D eigenvalue weighted by molar-refractivity contribution is 0.132. The first-order valence-corrected chi connectivity index (χ1v) is 4.54. The van der Waals surface area contributed by atoms with E-state index in [9.17, 15) is 4.79 Å². The molecule has 0 aromatic carbocycles. The monoisotopic (exact) mass is 192 g/mol. The SMILES string of the molecule is CN(C(=O)O)C1(c2cccnc2)CC1. The summed E-state index contributed by atoms with van der Waals surface area (Å²) in [5, 5.41) is 8.92. The third-order valence-electron chi connectivity index (χ3n) is 2.85. The minimum absolute atomic E-state index is 0.305. The molecule has 0 saturated heterocycles. The molecule has 1 aromatic rings. The Morgan fingerprint density at radius 3 is 2.79 bits per heavy atom. The molecule has 14 heavy (non-hydrogen) atoms. The van der Waals surface area contributed by atoms with E-state index in [1.807, 2.05) is 12.1 Å². The first-order chi connectivity index (χ1) is 6.67. The van der Waals surface area contributed by atoms with Gasteiger partial charge in [0, 0.05) is 19.4 Å². The molecule has 0 spiro atoms. The smallest absolute Gasteiger partial charge is 0.407 e. The molecular formula is C10H12N2O2. The highest BCUT2D eigenvalue weighted by molar-refractivity contribution is 5.67. The van der Waals surface area contributed by atoms with Crippen molar-refractivity contribution in [1.82, 2.24) is 9.88 Å². The van der Waals surface area contributed by atoms with Crippen molar-refractivity contribution in [3.8, 4) is 0 Å². The summed E-state index contributed by atoms with van der Waals surface area (Å²) in [4.78, 5) is 16.3. The summed E-state index contributed by atoms with van der Waals surface area (Å²) in [6, 6.07) is 3.77. The molecule has 0 bridgehead atoms. The lowest BCUT2D eigenvalue weighted by Crippen LogP contribution is -2.36. The molecule has 0 radical (unpaired) electrons. The Kier molecular flexibility index (Phi) is 1.91. The van der Waals surface area contributed by atoms with Crippen LogP contribution in [0.1, 0.15) is 18.4 Å². The fourth-order valence-electron chi connectivity index (χ4n) is 1.76. The van der Waals surface area contributed by atoms with Gasteiger partial charge in [0.2, 0.25) is 0 Å². The highest BCUT2D eigenvalue weighted by atomic mass is 16.4. The van der Waals surface area contributed by atoms with Gasteiger partial charge < -0.3 is 10.0 Å². The van der Waals surface area contributed by atoms with Gasteiger partial charge in [0.15, 0.2) is 0 Å². The zero-order chi connectivity index (χ0) is 10.2. The summed E-state index contributed by atoms with van der Waals surface area (Å²) in [5.74, 6) is 0. The van der Waals surface area contributed by atoms with Crippen LogP contribution >= 0.6 is 0 Å². The molecule has 4 heteroatoms. The average molecular weight is 192 g/mol. The van der Waals surface area contributed by atoms with E-state index >= 15 is 0 Å². The van der Waals surface area contributed by atoms with E-state index in [0.29, 0.717) is 0 Å². The van der Waals surface area contributed by atoms with Crippen LogP contribution in [0, 0.1) is 0 Å². The van der Waals surface area contributed by atoms with Gasteiger partial charge in [-0.15, -0.1) is 0 Å². The number of hydrogen-bond donors (Lipinski definition) is 1. The van der Waals surface area contributed by atoms with E-state index in [0.717, 1.165) is 18.4 Å². The van der Waals surface area contributed by atoms with Gasteiger partial charge in [0.05, 0.1) is 5.54 Å². The first-order valence-electron chi connectivity index (χ1n) is 4.54. The molecule has 1 aromatic heterocycles. The zero-order valence-corrected chi connectivity index (χ0v) is 7.97. The standard InChI is InChI=1S/C10H12N2O2/c1-12(9(13)14)10(4-5-10)8-3-2-6-11-7-8/h2-3,6-7H,4-5H2,1H3,(H,13,14). The second kappa shape index (κ2) is 2.97. The van der Waals surface area contributed by atoms with Crippen molar-refractivity contribution >= 4 is 6.09 Å². The maximum absolute atomic E-state index is 10.9. The Balaban J connectivity index is 2.30. The lowest BCUT2D eigenvalue weighted by Gasteiger charge is -2.25. The van der Waals surface area contributed by atoms with Gasteiger partial charge in [-0.25, -0.2) is 4.79 Å². The zero-order valence-electron chi connectivity index (χ0n) is 7.97. The number of amides is 1. The third kappa shape index (κ3) is 1.23. The molecule has 1 amide bonds. The molecular weight excluding hydrogens is 180 g/mol. The molecule has 0 aliphatic heterocycles. The molecule has 1 aliphatic carbocycles. The molecule has 1 saturated carbocycles. The van der Waals surface area contributed by atoms with Crippen LogP contribution in [0.2, 0.25) is 0 Å². The molecule has 1 aliphatic rings. The maximum atomic E-state index is 10.9. The summed E-state index contributed by atoms with van der Waals surface area (Å²) in [6.45, 7) is 0. The number of carbonyl (C=O) groups is 1. The largest absolute Gasteiger partial charge is 0.465 e. The topological polar surface area (TPSA) is 53.4 Å². The fourth-order valence-corrected chi connectivity index (χ4v) is 1.76. The average Bonchev–Trinajstić information content (AvgIpc) is 2.99. The van der Waals surface area contributed by atoms with Gasteiger partial charge in [-0.3, -0.25) is 4.98 Å². The van der Waals surface area contributed by atoms with E-state index in [1.165, 1.54) is 4.90 Å². The minimum Gasteiger partial charge on any atom is -0.465 e. The van der Waals surface area contributed by atoms with Crippen molar-refractivity contribution in [3.63, 3.8) is 0 Å². The molecule has 0 atom stereocenters. The predicted octanol–water partition coefficient (Wildman–Crippen LogP) is 1.68. The highest BCUT2D eigenvalue weighted by Gasteiger charge is 2.50. The first kappa shape index (κ1) is 8.99. The minimum atomic E-state index is -0.883. The van der Waals surface area contributed by atoms with Gasteiger partial charge >= 0.3 is 6.09 Å². The van der Waals surface area contributed by atoms with E-state index in [4.69, 9.17) is 5.11 Å². The number of nitrogens with zero attached hydrogens (tertiary/aromatic N) is 2. The number of hydrogen-bond acceptors (Lipinski definition) is 2. The van der Waals surface area contributed by atoms with E-state index in [2.05, 4.69) is 4.98 Å². The lowest BCUT2D eigenvalue weighted by atomic mass is 10.1. The van der Waals surface area contributed by atoms with Gasteiger partial charge in [-0.1, -0.05) is 6.07 Å². The quantitative estimate of drug-likeness (QED) is 0.775. The second-order valence-electron chi connectivity index (χ2n) is 3.61. The molecule has 74 valence electrons. The van der Waals surface area contributed by atoms with Crippen molar-refractivity contribution in [2.45, 2.75) is 18.4 Å². The summed E-state index contributed by atoms with van der Waals surface area (Å²) in [6.07, 6.45) is 4.34. The predicted molar refractivity (Wildman–Crippen MR) is 50.9 cm³/mol. The highest BCUT2D eigenvalue weighted by Crippen LogP contribution is 2.49. The Morgan fingerprint density at radius 1 is 1.64 bits per heavy atom. The summed E-state index contributed by atoms with van der Waals surface area (Å²) in [7, 11) is 1.61. The molecule has 1 fully saturated rings. The fraction of sp³-hybridized carbons (Fsp3) is 0.400. The van der Waals surface area contributed by atoms with Crippen LogP contribution in [-0.4, -0.2) is 28.1 Å². The van der Waals surface area contributed by atoms with Crippen molar-refractivity contribution in [1.29, 1.82) is 0 Å². The molecule has 1 heterocycles. The Hall–Kier alpha value is -1.58. The molecule has 1 N–H and O–H groups in total. The van der Waals surface area contributed by atoms with Crippen LogP contribution in [0.3, 0.4) is 0 Å². The van der Waals surface area contributed by atoms with Gasteiger partial charge in [0.1, 0.15) is 0 Å². The van der Waals surface area contributed by atoms with Crippen LogP contribution in [0.4, 0.5) is 4.79 Å². The van der Waals surface area contributed by atoms with Gasteiger partial charge in [-0.2, -0.15) is 0 Å². The van der Waals surface area contributed by atoms with Crippen LogP contribution in [-0.2, 0) is 5.54 Å². The number of pyridine rings is 1. The molecule has 2 rings (SSSR count). The second-order valence-corrected chi connectivity index (χ2v) is 3.61. The van der Waals surface area contributed by atoms with Gasteiger partial charge in [0.25, 0.3) is 0 Å². The van der Waals surface area contributed by atoms with Gasteiger partial charge in [-0.05, 0) is 24.5 Å². The normalized spacial score (nSPS) is 17.5. The van der Waals surface area contributed by atoms with Crippen molar-refractivity contribution in [3.05, 3.63) is 30.1 Å². The Bertz CT molecular complexity index is 346. The molecule has 4 nitrogen and oxygen atoms in total. The van der Waals surface area contributed by atoms with E-state index in [-0.39, 0.29) is 5.54 Å². The number of carboxylic acid groups (broad SMARTS) is 1. The van der Waals surface area contributed by atoms with Crippen LogP contribution < -0.4 is 0 Å². The summed E-state index contributed by atoms with van der Waals surface area (Å²) < 4.78 is 0. The van der Waals surface area contributed by atoms with Crippen molar-refractivity contribution in [2.24, 2.45) is 0 Å². The summed E-state index contributed by atoms with van der Waals surface area (Å²) in [5.41, 5.74) is 0.685. The Labute approximate surface area is 82.2 Å². The summed E-state index contributed by atoms with van der Waals surface area (Å²) >= 11 is 0. The van der Waals surface area contributed by atoms with Crippen LogP contribution in [0.25, 0.3) is 0 Å². The maximum Gasteiger partial charge on any atom is 0.407 e. The number of aromatic nitrogens is 1. The van der Waals surface area contributed by atoms with Crippen LogP contribution in [0.15, 0.2) is 24.5 Å².